The minimum absolute atomic E-state index is 0.276. The van der Waals surface area contributed by atoms with Gasteiger partial charge in [0.1, 0.15) is 5.82 Å². The number of hydrogen-bond acceptors (Lipinski definition) is 3. The third kappa shape index (κ3) is 3.31. The van der Waals surface area contributed by atoms with Crippen LogP contribution in [0.15, 0.2) is 36.4 Å². The van der Waals surface area contributed by atoms with Crippen molar-refractivity contribution in [1.82, 2.24) is 0 Å². The largest absolute Gasteiger partial charge is 0.397 e. The number of hydrogen-bond donors (Lipinski definition) is 2. The molecule has 0 aliphatic rings. The number of rotatable bonds is 3. The van der Waals surface area contributed by atoms with Crippen molar-refractivity contribution in [2.75, 3.05) is 30.0 Å². The van der Waals surface area contributed by atoms with Crippen LogP contribution >= 0.6 is 0 Å². The van der Waals surface area contributed by atoms with Gasteiger partial charge in [0.2, 0.25) is 0 Å². The number of nitrogens with two attached hydrogens (primary N) is 1. The summed E-state index contributed by atoms with van der Waals surface area (Å²) in [6.45, 7) is 1.74. The van der Waals surface area contributed by atoms with E-state index in [-0.39, 0.29) is 11.7 Å². The summed E-state index contributed by atoms with van der Waals surface area (Å²) in [6.07, 6.45) is 0. The van der Waals surface area contributed by atoms with Gasteiger partial charge in [-0.2, -0.15) is 0 Å². The lowest BCUT2D eigenvalue weighted by Gasteiger charge is -2.16. The van der Waals surface area contributed by atoms with Crippen molar-refractivity contribution >= 4 is 23.0 Å². The van der Waals surface area contributed by atoms with E-state index in [0.717, 1.165) is 5.69 Å². The van der Waals surface area contributed by atoms with Crippen molar-refractivity contribution in [3.8, 4) is 0 Å². The Morgan fingerprint density at radius 1 is 1.19 bits per heavy atom. The van der Waals surface area contributed by atoms with Gasteiger partial charge < -0.3 is 16.0 Å². The molecular formula is C16H18FN3O. The van der Waals surface area contributed by atoms with Crippen molar-refractivity contribution in [1.29, 1.82) is 0 Å². The molecule has 0 saturated heterocycles. The summed E-state index contributed by atoms with van der Waals surface area (Å²) in [4.78, 5) is 14.1. The van der Waals surface area contributed by atoms with E-state index in [4.69, 9.17) is 5.73 Å². The molecule has 2 rings (SSSR count). The Balaban J connectivity index is 2.22. The molecule has 0 radical (unpaired) electrons. The van der Waals surface area contributed by atoms with Gasteiger partial charge in [0.05, 0.1) is 11.4 Å². The Labute approximate surface area is 123 Å². The highest BCUT2D eigenvalue weighted by Gasteiger charge is 2.11. The average Bonchev–Trinajstić information content (AvgIpc) is 2.41. The van der Waals surface area contributed by atoms with E-state index in [2.05, 4.69) is 5.32 Å². The highest BCUT2D eigenvalue weighted by atomic mass is 19.1. The minimum atomic E-state index is -0.329. The molecule has 0 bridgehead atoms. The molecule has 0 aliphatic heterocycles. The lowest BCUT2D eigenvalue weighted by Crippen LogP contribution is -2.15. The van der Waals surface area contributed by atoms with E-state index in [9.17, 15) is 9.18 Å². The summed E-state index contributed by atoms with van der Waals surface area (Å²) < 4.78 is 13.0. The minimum Gasteiger partial charge on any atom is -0.397 e. The van der Waals surface area contributed by atoms with Crippen molar-refractivity contribution in [3.63, 3.8) is 0 Å². The fourth-order valence-corrected chi connectivity index (χ4v) is 2.06. The first-order valence-corrected chi connectivity index (χ1v) is 6.53. The van der Waals surface area contributed by atoms with E-state index >= 15 is 0 Å². The summed E-state index contributed by atoms with van der Waals surface area (Å²) in [5.74, 6) is -0.605. The van der Waals surface area contributed by atoms with Gasteiger partial charge in [-0.25, -0.2) is 4.39 Å². The summed E-state index contributed by atoms with van der Waals surface area (Å²) in [5, 5.41) is 2.75. The quantitative estimate of drug-likeness (QED) is 0.853. The van der Waals surface area contributed by atoms with E-state index in [1.54, 1.807) is 31.2 Å². The zero-order valence-electron chi connectivity index (χ0n) is 12.3. The molecule has 110 valence electrons. The number of benzene rings is 2. The molecule has 0 aromatic heterocycles. The van der Waals surface area contributed by atoms with Crippen molar-refractivity contribution in [2.45, 2.75) is 6.92 Å². The lowest BCUT2D eigenvalue weighted by molar-refractivity contribution is 0.102. The van der Waals surface area contributed by atoms with Crippen LogP contribution in [0.3, 0.4) is 0 Å². The van der Waals surface area contributed by atoms with Crippen LogP contribution in [-0.2, 0) is 0 Å². The maximum atomic E-state index is 13.0. The van der Waals surface area contributed by atoms with Gasteiger partial charge in [0.25, 0.3) is 5.91 Å². The molecule has 0 saturated carbocycles. The molecule has 0 spiro atoms. The number of halogens is 1. The number of carbonyl (C=O) groups is 1. The van der Waals surface area contributed by atoms with Crippen LogP contribution in [0, 0.1) is 12.7 Å². The Bertz CT molecular complexity index is 683. The van der Waals surface area contributed by atoms with Crippen LogP contribution in [-0.4, -0.2) is 20.0 Å². The first-order valence-electron chi connectivity index (χ1n) is 6.53. The fourth-order valence-electron chi connectivity index (χ4n) is 2.06. The summed E-state index contributed by atoms with van der Waals surface area (Å²) >= 11 is 0. The number of carbonyl (C=O) groups excluding carboxylic acids is 1. The van der Waals surface area contributed by atoms with Gasteiger partial charge in [-0.15, -0.1) is 0 Å². The highest BCUT2D eigenvalue weighted by Crippen LogP contribution is 2.23. The third-order valence-corrected chi connectivity index (χ3v) is 3.21. The molecule has 2 aromatic rings. The average molecular weight is 287 g/mol. The van der Waals surface area contributed by atoms with E-state index < -0.39 is 0 Å². The molecule has 0 heterocycles. The zero-order chi connectivity index (χ0) is 15.6. The number of anilines is 3. The smallest absolute Gasteiger partial charge is 0.255 e. The Kier molecular flexibility index (Phi) is 4.12. The molecule has 21 heavy (non-hydrogen) atoms. The first kappa shape index (κ1) is 14.8. The summed E-state index contributed by atoms with van der Waals surface area (Å²) in [5.41, 5.74) is 9.02. The molecule has 3 N–H and O–H groups in total. The van der Waals surface area contributed by atoms with Gasteiger partial charge in [-0.1, -0.05) is 0 Å². The van der Waals surface area contributed by atoms with Crippen molar-refractivity contribution < 1.29 is 9.18 Å². The van der Waals surface area contributed by atoms with Crippen molar-refractivity contribution in [2.24, 2.45) is 0 Å². The van der Waals surface area contributed by atoms with E-state index in [0.29, 0.717) is 22.5 Å². The van der Waals surface area contributed by atoms with Crippen LogP contribution in [0.5, 0.6) is 0 Å². The normalized spacial score (nSPS) is 10.3. The predicted molar refractivity (Wildman–Crippen MR) is 84.3 cm³/mol. The third-order valence-electron chi connectivity index (χ3n) is 3.21. The van der Waals surface area contributed by atoms with Crippen LogP contribution in [0.2, 0.25) is 0 Å². The molecule has 0 aliphatic carbocycles. The molecule has 0 atom stereocenters. The van der Waals surface area contributed by atoms with E-state index in [1.165, 1.54) is 12.1 Å². The molecule has 1 amide bonds. The highest BCUT2D eigenvalue weighted by molar-refractivity contribution is 6.05. The van der Waals surface area contributed by atoms with Crippen LogP contribution in [0.1, 0.15) is 15.9 Å². The van der Waals surface area contributed by atoms with Crippen LogP contribution < -0.4 is 16.0 Å². The van der Waals surface area contributed by atoms with Crippen molar-refractivity contribution in [3.05, 3.63) is 53.3 Å². The number of aryl methyl sites for hydroxylation is 1. The summed E-state index contributed by atoms with van der Waals surface area (Å²) in [6, 6.07) is 9.36. The topological polar surface area (TPSA) is 58.4 Å². The maximum absolute atomic E-state index is 13.0. The Morgan fingerprint density at radius 2 is 1.90 bits per heavy atom. The first-order chi connectivity index (χ1) is 9.88. The molecule has 0 unspecified atom stereocenters. The predicted octanol–water partition coefficient (Wildman–Crippen LogP) is 3.03. The lowest BCUT2D eigenvalue weighted by atomic mass is 10.1. The monoisotopic (exact) mass is 287 g/mol. The Hall–Kier alpha value is -2.56. The second kappa shape index (κ2) is 5.83. The van der Waals surface area contributed by atoms with Gasteiger partial charge in [-0.05, 0) is 48.9 Å². The SMILES string of the molecule is Cc1cc(F)ccc1NC(=O)c1ccc(N(C)C)c(N)c1. The number of nitrogens with one attached hydrogen (secondary N) is 1. The maximum Gasteiger partial charge on any atom is 0.255 e. The number of nitrogens with zero attached hydrogens (tertiary/aromatic N) is 1. The zero-order valence-corrected chi connectivity index (χ0v) is 12.3. The second-order valence-corrected chi connectivity index (χ2v) is 5.08. The molecule has 4 nitrogen and oxygen atoms in total. The van der Waals surface area contributed by atoms with Crippen LogP contribution in [0.25, 0.3) is 0 Å². The fraction of sp³-hybridized carbons (Fsp3) is 0.188. The Morgan fingerprint density at radius 3 is 2.48 bits per heavy atom. The van der Waals surface area contributed by atoms with Gasteiger partial charge >= 0.3 is 0 Å². The number of amides is 1. The molecular weight excluding hydrogens is 269 g/mol. The van der Waals surface area contributed by atoms with Gasteiger partial charge in [-0.3, -0.25) is 4.79 Å². The second-order valence-electron chi connectivity index (χ2n) is 5.08. The molecule has 0 fully saturated rings. The summed E-state index contributed by atoms with van der Waals surface area (Å²) in [7, 11) is 3.76. The van der Waals surface area contributed by atoms with E-state index in [1.807, 2.05) is 19.0 Å². The van der Waals surface area contributed by atoms with Gasteiger partial charge in [0, 0.05) is 25.3 Å². The molecule has 5 heteroatoms. The number of nitrogen functional groups attached to an aromatic ring is 1. The standard InChI is InChI=1S/C16H18FN3O/c1-10-8-12(17)5-6-14(10)19-16(21)11-4-7-15(20(2)3)13(18)9-11/h4-9H,18H2,1-3H3,(H,19,21). The van der Waals surface area contributed by atoms with Gasteiger partial charge in [0.15, 0.2) is 0 Å². The molecule has 2 aromatic carbocycles. The van der Waals surface area contributed by atoms with Crippen LogP contribution in [0.4, 0.5) is 21.5 Å².